The predicted octanol–water partition coefficient (Wildman–Crippen LogP) is 5.04. The molecule has 24 heavy (non-hydrogen) atoms. The molecular formula is C19H20N2OS2. The fourth-order valence-corrected chi connectivity index (χ4v) is 5.23. The molecule has 0 bridgehead atoms. The van der Waals surface area contributed by atoms with Gasteiger partial charge in [-0.05, 0) is 49.3 Å². The van der Waals surface area contributed by atoms with Gasteiger partial charge in [-0.15, -0.1) is 22.7 Å². The number of nitrogens with zero attached hydrogens (tertiary/aromatic N) is 2. The van der Waals surface area contributed by atoms with Crippen LogP contribution in [-0.2, 0) is 11.2 Å². The molecule has 3 nitrogen and oxygen atoms in total. The molecule has 3 aromatic rings. The summed E-state index contributed by atoms with van der Waals surface area (Å²) in [4.78, 5) is 20.9. The van der Waals surface area contributed by atoms with Gasteiger partial charge in [0.25, 0.3) is 0 Å². The first-order valence-corrected chi connectivity index (χ1v) is 10.2. The third-order valence-corrected chi connectivity index (χ3v) is 6.64. The fraction of sp³-hybridized carbons (Fsp3) is 0.368. The van der Waals surface area contributed by atoms with E-state index in [1.165, 1.54) is 9.58 Å². The van der Waals surface area contributed by atoms with Crippen molar-refractivity contribution in [1.29, 1.82) is 0 Å². The zero-order valence-corrected chi connectivity index (χ0v) is 15.1. The van der Waals surface area contributed by atoms with Crippen LogP contribution in [0.1, 0.15) is 41.6 Å². The van der Waals surface area contributed by atoms with Crippen LogP contribution in [0.25, 0.3) is 10.2 Å². The maximum Gasteiger partial charge on any atom is 0.223 e. The Hall–Kier alpha value is -1.72. The van der Waals surface area contributed by atoms with E-state index in [1.807, 2.05) is 12.1 Å². The first-order valence-electron chi connectivity index (χ1n) is 8.48. The zero-order chi connectivity index (χ0) is 16.4. The van der Waals surface area contributed by atoms with Gasteiger partial charge >= 0.3 is 0 Å². The minimum absolute atomic E-state index is 0.177. The fourth-order valence-electron chi connectivity index (χ4n) is 3.37. The van der Waals surface area contributed by atoms with Gasteiger partial charge in [-0.3, -0.25) is 4.79 Å². The Morgan fingerprint density at radius 1 is 1.25 bits per heavy atom. The van der Waals surface area contributed by atoms with E-state index in [0.29, 0.717) is 6.42 Å². The van der Waals surface area contributed by atoms with E-state index in [9.17, 15) is 4.79 Å². The van der Waals surface area contributed by atoms with Crippen molar-refractivity contribution in [1.82, 2.24) is 9.88 Å². The van der Waals surface area contributed by atoms with Gasteiger partial charge in [0.1, 0.15) is 5.01 Å². The number of carbonyl (C=O) groups is 1. The molecule has 0 radical (unpaired) electrons. The van der Waals surface area contributed by atoms with E-state index >= 15 is 0 Å². The highest BCUT2D eigenvalue weighted by molar-refractivity contribution is 7.18. The molecule has 124 valence electrons. The first kappa shape index (κ1) is 15.8. The summed E-state index contributed by atoms with van der Waals surface area (Å²) in [5, 5.41) is 3.20. The van der Waals surface area contributed by atoms with E-state index in [2.05, 4.69) is 34.5 Å². The van der Waals surface area contributed by atoms with E-state index < -0.39 is 0 Å². The monoisotopic (exact) mass is 356 g/mol. The predicted molar refractivity (Wildman–Crippen MR) is 101 cm³/mol. The largest absolute Gasteiger partial charge is 0.333 e. The van der Waals surface area contributed by atoms with Gasteiger partial charge in [0.05, 0.1) is 16.3 Å². The normalized spacial score (nSPS) is 17.7. The molecule has 4 rings (SSSR count). The van der Waals surface area contributed by atoms with Crippen molar-refractivity contribution < 1.29 is 4.79 Å². The molecule has 5 heteroatoms. The SMILES string of the molecule is O=C(CCCc1cccs1)N1CCC[C@H]1c1nc2ccccc2s1. The minimum atomic E-state index is 0.177. The maximum atomic E-state index is 12.7. The smallest absolute Gasteiger partial charge is 0.223 e. The van der Waals surface area contributed by atoms with Gasteiger partial charge in [0.15, 0.2) is 0 Å². The molecule has 0 unspecified atom stereocenters. The van der Waals surface area contributed by atoms with Crippen LogP contribution in [0, 0.1) is 0 Å². The second-order valence-corrected chi connectivity index (χ2v) is 8.29. The lowest BCUT2D eigenvalue weighted by molar-refractivity contribution is -0.132. The Kier molecular flexibility index (Phi) is 4.63. The number of benzene rings is 1. The highest BCUT2D eigenvalue weighted by atomic mass is 32.1. The molecule has 2 aromatic heterocycles. The third-order valence-electron chi connectivity index (χ3n) is 4.56. The Morgan fingerprint density at radius 3 is 3.00 bits per heavy atom. The average molecular weight is 357 g/mol. The number of hydrogen-bond donors (Lipinski definition) is 0. The number of para-hydroxylation sites is 1. The lowest BCUT2D eigenvalue weighted by Gasteiger charge is -2.23. The van der Waals surface area contributed by atoms with Gasteiger partial charge in [-0.25, -0.2) is 4.98 Å². The van der Waals surface area contributed by atoms with Gasteiger partial charge in [0, 0.05) is 17.8 Å². The van der Waals surface area contributed by atoms with Crippen LogP contribution in [0.4, 0.5) is 0 Å². The van der Waals surface area contributed by atoms with Crippen LogP contribution in [0.2, 0.25) is 0 Å². The third kappa shape index (κ3) is 3.23. The number of likely N-dealkylation sites (tertiary alicyclic amines) is 1. The summed E-state index contributed by atoms with van der Waals surface area (Å²) < 4.78 is 1.21. The lowest BCUT2D eigenvalue weighted by Crippen LogP contribution is -2.30. The number of fused-ring (bicyclic) bond motifs is 1. The van der Waals surface area contributed by atoms with Gasteiger partial charge in [0.2, 0.25) is 5.91 Å². The number of carbonyl (C=O) groups excluding carboxylic acids is 1. The van der Waals surface area contributed by atoms with Crippen molar-refractivity contribution in [2.24, 2.45) is 0 Å². The van der Waals surface area contributed by atoms with Crippen molar-refractivity contribution in [3.63, 3.8) is 0 Å². The summed E-state index contributed by atoms with van der Waals surface area (Å²) in [5.74, 6) is 0.285. The second kappa shape index (κ2) is 7.03. The zero-order valence-electron chi connectivity index (χ0n) is 13.5. The molecule has 1 aliphatic heterocycles. The maximum absolute atomic E-state index is 12.7. The van der Waals surface area contributed by atoms with Crippen LogP contribution in [0.5, 0.6) is 0 Å². The Bertz CT molecular complexity index is 792. The number of aromatic nitrogens is 1. The molecule has 1 atom stereocenters. The molecule has 0 saturated carbocycles. The summed E-state index contributed by atoms with van der Waals surface area (Å²) in [6, 6.07) is 12.6. The minimum Gasteiger partial charge on any atom is -0.333 e. The van der Waals surface area contributed by atoms with Crippen LogP contribution in [0.3, 0.4) is 0 Å². The van der Waals surface area contributed by atoms with Crippen LogP contribution in [0.15, 0.2) is 41.8 Å². The van der Waals surface area contributed by atoms with Crippen LogP contribution in [-0.4, -0.2) is 22.3 Å². The van der Waals surface area contributed by atoms with Crippen LogP contribution < -0.4 is 0 Å². The molecule has 0 aliphatic carbocycles. The van der Waals surface area contributed by atoms with E-state index in [-0.39, 0.29) is 11.9 Å². The van der Waals surface area contributed by atoms with Crippen molar-refractivity contribution in [2.75, 3.05) is 6.54 Å². The number of aryl methyl sites for hydroxylation is 1. The molecule has 3 heterocycles. The Labute approximate surface area is 150 Å². The highest BCUT2D eigenvalue weighted by Crippen LogP contribution is 2.36. The van der Waals surface area contributed by atoms with E-state index in [4.69, 9.17) is 4.98 Å². The topological polar surface area (TPSA) is 33.2 Å². The number of hydrogen-bond acceptors (Lipinski definition) is 4. The van der Waals surface area contributed by atoms with Crippen molar-refractivity contribution in [3.05, 3.63) is 51.7 Å². The van der Waals surface area contributed by atoms with E-state index in [1.54, 1.807) is 22.7 Å². The summed E-state index contributed by atoms with van der Waals surface area (Å²) in [6.07, 6.45) is 4.69. The molecule has 1 saturated heterocycles. The summed E-state index contributed by atoms with van der Waals surface area (Å²) >= 11 is 3.51. The van der Waals surface area contributed by atoms with Gasteiger partial charge < -0.3 is 4.90 Å². The molecule has 1 aliphatic rings. The average Bonchev–Trinajstić information content (AvgIpc) is 3.33. The quantitative estimate of drug-likeness (QED) is 0.641. The molecular weight excluding hydrogens is 336 g/mol. The van der Waals surface area contributed by atoms with Crippen molar-refractivity contribution in [3.8, 4) is 0 Å². The second-order valence-electron chi connectivity index (χ2n) is 6.20. The van der Waals surface area contributed by atoms with Gasteiger partial charge in [-0.1, -0.05) is 18.2 Å². The number of thiazole rings is 1. The summed E-state index contributed by atoms with van der Waals surface area (Å²) in [6.45, 7) is 0.873. The highest BCUT2D eigenvalue weighted by Gasteiger charge is 2.31. The number of thiophene rings is 1. The number of amides is 1. The molecule has 1 aromatic carbocycles. The van der Waals surface area contributed by atoms with Crippen LogP contribution >= 0.6 is 22.7 Å². The van der Waals surface area contributed by atoms with Gasteiger partial charge in [-0.2, -0.15) is 0 Å². The lowest BCUT2D eigenvalue weighted by atomic mass is 10.2. The standard InChI is InChI=1S/C19H20N2OS2/c22-18(11-3-6-14-7-5-13-23-14)21-12-4-9-16(21)19-20-15-8-1-2-10-17(15)24-19/h1-2,5,7-8,10,13,16H,3-4,6,9,11-12H2/t16-/m0/s1. The molecule has 1 fully saturated rings. The van der Waals surface area contributed by atoms with Crippen molar-refractivity contribution in [2.45, 2.75) is 38.1 Å². The summed E-state index contributed by atoms with van der Waals surface area (Å²) in [5.41, 5.74) is 1.05. The molecule has 0 spiro atoms. The first-order chi connectivity index (χ1) is 11.8. The summed E-state index contributed by atoms with van der Waals surface area (Å²) in [7, 11) is 0. The van der Waals surface area contributed by atoms with Crippen molar-refractivity contribution >= 4 is 38.8 Å². The molecule has 1 amide bonds. The molecule has 0 N–H and O–H groups in total. The number of rotatable bonds is 5. The van der Waals surface area contributed by atoms with E-state index in [0.717, 1.165) is 42.8 Å². The Balaban J connectivity index is 1.42. The Morgan fingerprint density at radius 2 is 2.17 bits per heavy atom.